The molecule has 1 saturated carbocycles. The molecule has 2 aromatic rings. The highest BCUT2D eigenvalue weighted by atomic mass is 32.2. The number of hydrogen-bond acceptors (Lipinski definition) is 7. The van der Waals surface area contributed by atoms with Crippen molar-refractivity contribution in [2.45, 2.75) is 43.4 Å². The number of ether oxygens (including phenoxy) is 1. The van der Waals surface area contributed by atoms with E-state index >= 15 is 0 Å². The minimum atomic E-state index is -4.00. The van der Waals surface area contributed by atoms with E-state index in [-0.39, 0.29) is 11.9 Å². The first-order valence-electron chi connectivity index (χ1n) is 8.48. The zero-order valence-electron chi connectivity index (χ0n) is 14.5. The highest BCUT2D eigenvalue weighted by Crippen LogP contribution is 2.24. The van der Waals surface area contributed by atoms with Crippen LogP contribution in [0.15, 0.2) is 33.9 Å². The first kappa shape index (κ1) is 18.4. The quantitative estimate of drug-likeness (QED) is 0.816. The van der Waals surface area contributed by atoms with Crippen LogP contribution in [-0.4, -0.2) is 43.4 Å². The maximum atomic E-state index is 12.4. The fraction of sp³-hybridized carbons (Fsp3) is 0.471. The lowest BCUT2D eigenvalue weighted by atomic mass is 9.95. The highest BCUT2D eigenvalue weighted by Gasteiger charge is 2.27. The van der Waals surface area contributed by atoms with Gasteiger partial charge in [-0.25, -0.2) is 8.42 Å². The van der Waals surface area contributed by atoms with Gasteiger partial charge in [-0.1, -0.05) is 30.4 Å². The molecule has 1 fully saturated rings. The van der Waals surface area contributed by atoms with Gasteiger partial charge in [0.25, 0.3) is 0 Å². The monoisotopic (exact) mass is 379 g/mol. The molecule has 1 aliphatic carbocycles. The van der Waals surface area contributed by atoms with Gasteiger partial charge in [-0.3, -0.25) is 4.79 Å². The SMILES string of the molecule is COc1cccc(-c2nnc(S(=O)(=O)CC(=O)NC3CCCCC3)o2)c1. The highest BCUT2D eigenvalue weighted by molar-refractivity contribution is 7.91. The molecule has 26 heavy (non-hydrogen) atoms. The summed E-state index contributed by atoms with van der Waals surface area (Å²) in [7, 11) is -2.48. The van der Waals surface area contributed by atoms with Crippen LogP contribution in [0, 0.1) is 0 Å². The summed E-state index contributed by atoms with van der Waals surface area (Å²) in [5, 5.41) is 9.57. The van der Waals surface area contributed by atoms with Crippen LogP contribution >= 0.6 is 0 Å². The molecular formula is C17H21N3O5S. The van der Waals surface area contributed by atoms with E-state index in [1.54, 1.807) is 24.3 Å². The second kappa shape index (κ2) is 7.86. The Labute approximate surface area is 151 Å². The van der Waals surface area contributed by atoms with Gasteiger partial charge < -0.3 is 14.5 Å². The first-order chi connectivity index (χ1) is 12.5. The second-order valence-electron chi connectivity index (χ2n) is 6.27. The summed E-state index contributed by atoms with van der Waals surface area (Å²) in [6.07, 6.45) is 5.01. The molecular weight excluding hydrogens is 358 g/mol. The van der Waals surface area contributed by atoms with Crippen molar-refractivity contribution in [3.63, 3.8) is 0 Å². The first-order valence-corrected chi connectivity index (χ1v) is 10.1. The Morgan fingerprint density at radius 2 is 2.04 bits per heavy atom. The van der Waals surface area contributed by atoms with E-state index in [4.69, 9.17) is 9.15 Å². The van der Waals surface area contributed by atoms with E-state index in [9.17, 15) is 13.2 Å². The minimum Gasteiger partial charge on any atom is -0.497 e. The van der Waals surface area contributed by atoms with Crippen LogP contribution < -0.4 is 10.1 Å². The van der Waals surface area contributed by atoms with Gasteiger partial charge in [0.2, 0.25) is 21.6 Å². The zero-order chi connectivity index (χ0) is 18.6. The molecule has 0 spiro atoms. The Balaban J connectivity index is 1.69. The molecule has 1 amide bonds. The fourth-order valence-corrected chi connectivity index (χ4v) is 3.88. The fourth-order valence-electron chi connectivity index (χ4n) is 2.96. The topological polar surface area (TPSA) is 111 Å². The van der Waals surface area contributed by atoms with Crippen molar-refractivity contribution in [3.05, 3.63) is 24.3 Å². The Hall–Kier alpha value is -2.42. The molecule has 0 bridgehead atoms. The number of rotatable bonds is 6. The number of amides is 1. The Kier molecular flexibility index (Phi) is 5.55. The molecule has 1 aromatic carbocycles. The number of sulfone groups is 1. The Bertz CT molecular complexity index is 872. The van der Waals surface area contributed by atoms with Crippen molar-refractivity contribution >= 4 is 15.7 Å². The third kappa shape index (κ3) is 4.40. The number of nitrogens with zero attached hydrogens (tertiary/aromatic N) is 2. The molecule has 3 rings (SSSR count). The molecule has 1 heterocycles. The van der Waals surface area contributed by atoms with Crippen LogP contribution in [0.2, 0.25) is 0 Å². The molecule has 140 valence electrons. The zero-order valence-corrected chi connectivity index (χ0v) is 15.3. The number of carbonyl (C=O) groups excluding carboxylic acids is 1. The summed E-state index contributed by atoms with van der Waals surface area (Å²) >= 11 is 0. The van der Waals surface area contributed by atoms with Gasteiger partial charge in [0.15, 0.2) is 0 Å². The predicted molar refractivity (Wildman–Crippen MR) is 93.4 cm³/mol. The second-order valence-corrected chi connectivity index (χ2v) is 8.13. The van der Waals surface area contributed by atoms with Gasteiger partial charge in [0, 0.05) is 11.6 Å². The molecule has 0 saturated heterocycles. The van der Waals surface area contributed by atoms with Gasteiger partial charge >= 0.3 is 5.22 Å². The normalized spacial score (nSPS) is 15.6. The number of benzene rings is 1. The molecule has 0 radical (unpaired) electrons. The minimum absolute atomic E-state index is 0.0430. The third-order valence-electron chi connectivity index (χ3n) is 4.28. The number of carbonyl (C=O) groups is 1. The van der Waals surface area contributed by atoms with E-state index in [0.717, 1.165) is 32.1 Å². The summed E-state index contributed by atoms with van der Waals surface area (Å²) in [6.45, 7) is 0. The average Bonchev–Trinajstić information content (AvgIpc) is 3.13. The van der Waals surface area contributed by atoms with Crippen LogP contribution in [0.1, 0.15) is 32.1 Å². The molecule has 0 aliphatic heterocycles. The van der Waals surface area contributed by atoms with Gasteiger partial charge in [-0.2, -0.15) is 0 Å². The summed E-state index contributed by atoms with van der Waals surface area (Å²) in [5.74, 6) is -0.617. The predicted octanol–water partition coefficient (Wildman–Crippen LogP) is 1.97. The molecule has 0 atom stereocenters. The molecule has 1 N–H and O–H groups in total. The van der Waals surface area contributed by atoms with Crippen molar-refractivity contribution in [1.82, 2.24) is 15.5 Å². The number of aromatic nitrogens is 2. The smallest absolute Gasteiger partial charge is 0.336 e. The van der Waals surface area contributed by atoms with Crippen molar-refractivity contribution in [1.29, 1.82) is 0 Å². The summed E-state index contributed by atoms with van der Waals surface area (Å²) < 4.78 is 35.1. The van der Waals surface area contributed by atoms with E-state index in [0.29, 0.717) is 11.3 Å². The van der Waals surface area contributed by atoms with Gasteiger partial charge in [0.05, 0.1) is 7.11 Å². The van der Waals surface area contributed by atoms with Crippen LogP contribution in [0.4, 0.5) is 0 Å². The maximum absolute atomic E-state index is 12.4. The summed E-state index contributed by atoms with van der Waals surface area (Å²) in [6, 6.07) is 6.86. The lowest BCUT2D eigenvalue weighted by Gasteiger charge is -2.22. The van der Waals surface area contributed by atoms with Gasteiger partial charge in [0.1, 0.15) is 11.5 Å². The van der Waals surface area contributed by atoms with E-state index in [1.165, 1.54) is 7.11 Å². The van der Waals surface area contributed by atoms with Crippen LogP contribution in [0.25, 0.3) is 11.5 Å². The van der Waals surface area contributed by atoms with Crippen LogP contribution in [0.3, 0.4) is 0 Å². The maximum Gasteiger partial charge on any atom is 0.336 e. The number of hydrogen-bond donors (Lipinski definition) is 1. The van der Waals surface area contributed by atoms with Crippen molar-refractivity contribution in [2.75, 3.05) is 12.9 Å². The average molecular weight is 379 g/mol. The summed E-state index contributed by atoms with van der Waals surface area (Å²) in [4.78, 5) is 12.1. The van der Waals surface area contributed by atoms with Crippen LogP contribution in [0.5, 0.6) is 5.75 Å². The molecule has 1 aliphatic rings. The largest absolute Gasteiger partial charge is 0.497 e. The van der Waals surface area contributed by atoms with Gasteiger partial charge in [-0.15, -0.1) is 5.10 Å². The standard InChI is InChI=1S/C17H21N3O5S/c1-24-14-9-5-6-12(10-14)16-19-20-17(25-16)26(22,23)11-15(21)18-13-7-3-2-4-8-13/h5-6,9-10,13H,2-4,7-8,11H2,1H3,(H,18,21). The van der Waals surface area contributed by atoms with E-state index < -0.39 is 26.7 Å². The molecule has 1 aromatic heterocycles. The van der Waals surface area contributed by atoms with E-state index in [1.807, 2.05) is 0 Å². The molecule has 8 nitrogen and oxygen atoms in total. The molecule has 0 unspecified atom stereocenters. The lowest BCUT2D eigenvalue weighted by molar-refractivity contribution is -0.119. The number of methoxy groups -OCH3 is 1. The van der Waals surface area contributed by atoms with Crippen LogP contribution in [-0.2, 0) is 14.6 Å². The number of nitrogens with one attached hydrogen (secondary N) is 1. The summed E-state index contributed by atoms with van der Waals surface area (Å²) in [5.41, 5.74) is 0.532. The van der Waals surface area contributed by atoms with Gasteiger partial charge in [-0.05, 0) is 31.0 Å². The van der Waals surface area contributed by atoms with Crippen molar-refractivity contribution < 1.29 is 22.4 Å². The lowest BCUT2D eigenvalue weighted by Crippen LogP contribution is -2.39. The Morgan fingerprint density at radius 1 is 1.27 bits per heavy atom. The van der Waals surface area contributed by atoms with E-state index in [2.05, 4.69) is 15.5 Å². The van der Waals surface area contributed by atoms with Crippen molar-refractivity contribution in [3.8, 4) is 17.2 Å². The molecule has 9 heteroatoms. The third-order valence-corrected chi connectivity index (χ3v) is 5.62. The van der Waals surface area contributed by atoms with Crippen molar-refractivity contribution in [2.24, 2.45) is 0 Å². The Morgan fingerprint density at radius 3 is 2.77 bits per heavy atom.